The molecule has 1 aromatic carbocycles. The lowest BCUT2D eigenvalue weighted by atomic mass is 10.2. The van der Waals surface area contributed by atoms with Crippen molar-refractivity contribution in [3.8, 4) is 11.3 Å². The molecule has 3 aromatic rings. The van der Waals surface area contributed by atoms with Crippen LogP contribution in [0.2, 0.25) is 0 Å². The van der Waals surface area contributed by atoms with Crippen LogP contribution in [0.5, 0.6) is 0 Å². The molecule has 0 aliphatic rings. The molecule has 3 rings (SSSR count). The molecule has 2 heterocycles. The Morgan fingerprint density at radius 3 is 2.80 bits per heavy atom. The predicted molar refractivity (Wildman–Crippen MR) is 92.5 cm³/mol. The molecule has 25 heavy (non-hydrogen) atoms. The molecule has 0 amide bonds. The molecular formula is C16H15F2N3O2S2. The van der Waals surface area contributed by atoms with Gasteiger partial charge < -0.3 is 0 Å². The summed E-state index contributed by atoms with van der Waals surface area (Å²) in [6.07, 6.45) is 1.76. The van der Waals surface area contributed by atoms with Crippen LogP contribution in [-0.2, 0) is 22.3 Å². The van der Waals surface area contributed by atoms with Crippen molar-refractivity contribution in [1.82, 2.24) is 14.5 Å². The third-order valence-electron chi connectivity index (χ3n) is 3.47. The number of aromatic nitrogens is 2. The summed E-state index contributed by atoms with van der Waals surface area (Å²) in [6, 6.07) is 6.54. The van der Waals surface area contributed by atoms with Crippen LogP contribution in [0.3, 0.4) is 0 Å². The predicted octanol–water partition coefficient (Wildman–Crippen LogP) is 3.01. The van der Waals surface area contributed by atoms with Crippen LogP contribution in [0.15, 0.2) is 47.3 Å². The summed E-state index contributed by atoms with van der Waals surface area (Å²) >= 11 is 1.57. The zero-order valence-corrected chi connectivity index (χ0v) is 14.7. The van der Waals surface area contributed by atoms with E-state index in [9.17, 15) is 17.2 Å². The first-order valence-electron chi connectivity index (χ1n) is 7.40. The fourth-order valence-electron chi connectivity index (χ4n) is 2.28. The van der Waals surface area contributed by atoms with Gasteiger partial charge in [0.25, 0.3) is 0 Å². The Morgan fingerprint density at radius 2 is 2.04 bits per heavy atom. The highest BCUT2D eigenvalue weighted by atomic mass is 32.2. The van der Waals surface area contributed by atoms with E-state index < -0.39 is 27.4 Å². The first-order chi connectivity index (χ1) is 11.9. The summed E-state index contributed by atoms with van der Waals surface area (Å²) < 4.78 is 54.7. The summed E-state index contributed by atoms with van der Waals surface area (Å²) in [5.41, 5.74) is 1.61. The van der Waals surface area contributed by atoms with Crippen molar-refractivity contribution in [3.05, 3.63) is 64.5 Å². The molecule has 0 unspecified atom stereocenters. The van der Waals surface area contributed by atoms with E-state index >= 15 is 0 Å². The van der Waals surface area contributed by atoms with Gasteiger partial charge in [0.15, 0.2) is 0 Å². The summed E-state index contributed by atoms with van der Waals surface area (Å²) in [4.78, 5) is 0. The van der Waals surface area contributed by atoms with Gasteiger partial charge in [0.2, 0.25) is 10.0 Å². The molecule has 132 valence electrons. The van der Waals surface area contributed by atoms with Crippen molar-refractivity contribution in [2.75, 3.05) is 6.54 Å². The third kappa shape index (κ3) is 4.71. The number of thiophene rings is 1. The maximum absolute atomic E-state index is 13.6. The van der Waals surface area contributed by atoms with Crippen LogP contribution < -0.4 is 4.72 Å². The molecule has 5 nitrogen and oxygen atoms in total. The molecule has 0 radical (unpaired) electrons. The van der Waals surface area contributed by atoms with E-state index in [-0.39, 0.29) is 12.1 Å². The number of hydrogen-bond donors (Lipinski definition) is 1. The van der Waals surface area contributed by atoms with E-state index in [1.807, 2.05) is 22.9 Å². The number of benzene rings is 1. The average molecular weight is 383 g/mol. The highest BCUT2D eigenvalue weighted by Gasteiger charge is 2.15. The number of sulfonamides is 1. The molecule has 0 saturated carbocycles. The Labute approximate surface area is 148 Å². The largest absolute Gasteiger partial charge is 0.271 e. The number of rotatable bonds is 7. The molecule has 0 saturated heterocycles. The second-order valence-corrected chi connectivity index (χ2v) is 7.95. The number of nitrogens with zero attached hydrogens (tertiary/aromatic N) is 2. The highest BCUT2D eigenvalue weighted by molar-refractivity contribution is 7.88. The number of nitrogens with one attached hydrogen (secondary N) is 1. The van der Waals surface area contributed by atoms with Crippen LogP contribution in [-0.4, -0.2) is 24.7 Å². The van der Waals surface area contributed by atoms with Gasteiger partial charge in [-0.15, -0.1) is 0 Å². The zero-order chi connectivity index (χ0) is 17.9. The summed E-state index contributed by atoms with van der Waals surface area (Å²) in [5.74, 6) is -2.04. The molecule has 2 aromatic heterocycles. The van der Waals surface area contributed by atoms with Crippen molar-refractivity contribution in [2.45, 2.75) is 12.3 Å². The van der Waals surface area contributed by atoms with Gasteiger partial charge in [-0.05, 0) is 35.7 Å². The average Bonchev–Trinajstić information content (AvgIpc) is 3.21. The Balaban J connectivity index is 1.57. The lowest BCUT2D eigenvalue weighted by molar-refractivity contribution is 0.555. The summed E-state index contributed by atoms with van der Waals surface area (Å²) in [7, 11) is -3.78. The Morgan fingerprint density at radius 1 is 1.20 bits per heavy atom. The smallest absolute Gasteiger partial charge is 0.215 e. The second-order valence-electron chi connectivity index (χ2n) is 5.37. The summed E-state index contributed by atoms with van der Waals surface area (Å²) in [5, 5.41) is 8.29. The zero-order valence-electron chi connectivity index (χ0n) is 13.0. The van der Waals surface area contributed by atoms with Gasteiger partial charge in [-0.1, -0.05) is 0 Å². The lowest BCUT2D eigenvalue weighted by Gasteiger charge is -2.08. The third-order valence-corrected chi connectivity index (χ3v) is 5.49. The van der Waals surface area contributed by atoms with Gasteiger partial charge >= 0.3 is 0 Å². The van der Waals surface area contributed by atoms with Crippen molar-refractivity contribution in [2.24, 2.45) is 0 Å². The molecule has 1 N–H and O–H groups in total. The monoisotopic (exact) mass is 383 g/mol. The van der Waals surface area contributed by atoms with Crippen molar-refractivity contribution < 1.29 is 17.2 Å². The van der Waals surface area contributed by atoms with E-state index in [0.717, 1.165) is 29.5 Å². The fraction of sp³-hybridized carbons (Fsp3) is 0.188. The Hall–Kier alpha value is -2.10. The van der Waals surface area contributed by atoms with Gasteiger partial charge in [0.1, 0.15) is 11.6 Å². The van der Waals surface area contributed by atoms with Crippen molar-refractivity contribution in [1.29, 1.82) is 0 Å². The molecule has 0 aliphatic carbocycles. The summed E-state index contributed by atoms with van der Waals surface area (Å²) in [6.45, 7) is 0.430. The molecule has 0 spiro atoms. The normalized spacial score (nSPS) is 11.8. The minimum absolute atomic E-state index is 0.101. The van der Waals surface area contributed by atoms with Gasteiger partial charge in [0, 0.05) is 29.2 Å². The van der Waals surface area contributed by atoms with Crippen LogP contribution in [0, 0.1) is 11.6 Å². The van der Waals surface area contributed by atoms with Crippen molar-refractivity contribution >= 4 is 21.4 Å². The standard InChI is InChI=1S/C16H15F2N3O2S2/c17-14-1-2-15(18)13(9-14)11-25(22,23)19-5-7-21-6-3-16(20-21)12-4-8-24-10-12/h1-4,6,8-10,19H,5,7,11H2. The van der Waals surface area contributed by atoms with E-state index in [4.69, 9.17) is 0 Å². The van der Waals surface area contributed by atoms with Crippen LogP contribution in [0.25, 0.3) is 11.3 Å². The highest BCUT2D eigenvalue weighted by Crippen LogP contribution is 2.19. The minimum atomic E-state index is -3.78. The number of hydrogen-bond acceptors (Lipinski definition) is 4. The van der Waals surface area contributed by atoms with E-state index in [0.29, 0.717) is 6.54 Å². The topological polar surface area (TPSA) is 64.0 Å². The van der Waals surface area contributed by atoms with Gasteiger partial charge in [-0.2, -0.15) is 16.4 Å². The maximum atomic E-state index is 13.6. The molecular weight excluding hydrogens is 368 g/mol. The first-order valence-corrected chi connectivity index (χ1v) is 10.00. The lowest BCUT2D eigenvalue weighted by Crippen LogP contribution is -2.29. The molecule has 0 atom stereocenters. The van der Waals surface area contributed by atoms with E-state index in [1.165, 1.54) is 0 Å². The van der Waals surface area contributed by atoms with Gasteiger partial charge in [-0.25, -0.2) is 21.9 Å². The molecule has 0 bridgehead atoms. The Kier molecular flexibility index (Phi) is 5.26. The molecule has 9 heteroatoms. The SMILES string of the molecule is O=S(=O)(Cc1cc(F)ccc1F)NCCn1ccc(-c2ccsc2)n1. The Bertz CT molecular complexity index is 954. The molecule has 0 aliphatic heterocycles. The van der Waals surface area contributed by atoms with Crippen molar-refractivity contribution in [3.63, 3.8) is 0 Å². The fourth-order valence-corrected chi connectivity index (χ4v) is 4.06. The van der Waals surface area contributed by atoms with Crippen LogP contribution in [0.4, 0.5) is 8.78 Å². The first kappa shape index (κ1) is 17.7. The second kappa shape index (κ2) is 7.42. The van der Waals surface area contributed by atoms with Crippen LogP contribution >= 0.6 is 11.3 Å². The number of halogens is 2. The minimum Gasteiger partial charge on any atom is -0.271 e. The van der Waals surface area contributed by atoms with Crippen LogP contribution in [0.1, 0.15) is 5.56 Å². The van der Waals surface area contributed by atoms with Gasteiger partial charge in [-0.3, -0.25) is 4.68 Å². The maximum Gasteiger partial charge on any atom is 0.215 e. The molecule has 0 fully saturated rings. The van der Waals surface area contributed by atoms with E-state index in [1.54, 1.807) is 22.2 Å². The van der Waals surface area contributed by atoms with E-state index in [2.05, 4.69) is 9.82 Å². The quantitative estimate of drug-likeness (QED) is 0.682. The van der Waals surface area contributed by atoms with Gasteiger partial charge in [0.05, 0.1) is 18.0 Å².